The van der Waals surface area contributed by atoms with Crippen LogP contribution in [0.3, 0.4) is 0 Å². The fraction of sp³-hybridized carbons (Fsp3) is 0.167. The van der Waals surface area contributed by atoms with E-state index >= 15 is 0 Å². The minimum absolute atomic E-state index is 0.0598. The first-order chi connectivity index (χ1) is 14.6. The van der Waals surface area contributed by atoms with E-state index in [4.69, 9.17) is 0 Å². The summed E-state index contributed by atoms with van der Waals surface area (Å²) in [5.74, 6) is -0.227. The average molecular weight is 398 g/mol. The molecule has 4 rings (SSSR count). The molecule has 0 fully saturated rings. The summed E-state index contributed by atoms with van der Waals surface area (Å²) in [6.45, 7) is 4.33. The zero-order chi connectivity index (χ0) is 21.1. The fourth-order valence-electron chi connectivity index (χ4n) is 3.40. The second-order valence-corrected chi connectivity index (χ2v) is 7.33. The molecule has 0 bridgehead atoms. The maximum atomic E-state index is 13.6. The largest absolute Gasteiger partial charge is 0.330 e. The minimum atomic E-state index is -0.253. The van der Waals surface area contributed by atoms with E-state index in [9.17, 15) is 9.59 Å². The van der Waals surface area contributed by atoms with Crippen molar-refractivity contribution in [3.63, 3.8) is 0 Å². The Morgan fingerprint density at radius 3 is 2.33 bits per heavy atom. The molecule has 0 aliphatic carbocycles. The molecule has 0 N–H and O–H groups in total. The van der Waals surface area contributed by atoms with Crippen molar-refractivity contribution in [3.8, 4) is 5.69 Å². The summed E-state index contributed by atoms with van der Waals surface area (Å²) in [7, 11) is 0. The predicted octanol–water partition coefficient (Wildman–Crippen LogP) is 3.83. The second kappa shape index (κ2) is 8.29. The highest BCUT2D eigenvalue weighted by Crippen LogP contribution is 2.19. The highest BCUT2D eigenvalue weighted by Gasteiger charge is 2.24. The third kappa shape index (κ3) is 3.72. The number of amides is 1. The number of carbonyl (C=O) groups is 1. The standard InChI is InChI=1S/C24H22N4O2/c1-17(2)27(16-18-9-8-14-25-15-18)24(30)22-20-12-6-7-13-21(20)23(29)28(26-22)19-10-4-3-5-11-19/h3-15,17H,16H2,1-2H3. The van der Waals surface area contributed by atoms with Crippen LogP contribution in [0.15, 0.2) is 83.9 Å². The Bertz CT molecular complexity index is 1230. The van der Waals surface area contributed by atoms with Gasteiger partial charge in [0.05, 0.1) is 11.1 Å². The van der Waals surface area contributed by atoms with E-state index in [1.54, 1.807) is 47.6 Å². The molecule has 1 amide bonds. The van der Waals surface area contributed by atoms with Crippen LogP contribution in [0.5, 0.6) is 0 Å². The molecule has 0 aliphatic rings. The summed E-state index contributed by atoms with van der Waals surface area (Å²) < 4.78 is 1.30. The number of nitrogens with zero attached hydrogens (tertiary/aromatic N) is 4. The Hall–Kier alpha value is -3.80. The quantitative estimate of drug-likeness (QED) is 0.512. The SMILES string of the molecule is CC(C)N(Cc1cccnc1)C(=O)c1nn(-c2ccccc2)c(=O)c2ccccc12. The zero-order valence-electron chi connectivity index (χ0n) is 16.9. The molecule has 6 nitrogen and oxygen atoms in total. The molecular formula is C24H22N4O2. The van der Waals surface area contributed by atoms with Gasteiger partial charge in [-0.2, -0.15) is 9.78 Å². The van der Waals surface area contributed by atoms with Gasteiger partial charge in [0.2, 0.25) is 0 Å². The van der Waals surface area contributed by atoms with Crippen molar-refractivity contribution in [1.29, 1.82) is 0 Å². The lowest BCUT2D eigenvalue weighted by Gasteiger charge is -2.27. The lowest BCUT2D eigenvalue weighted by Crippen LogP contribution is -2.38. The molecule has 0 saturated carbocycles. The number of hydrogen-bond acceptors (Lipinski definition) is 4. The molecule has 0 atom stereocenters. The third-order valence-electron chi connectivity index (χ3n) is 4.97. The normalized spacial score (nSPS) is 11.0. The van der Waals surface area contributed by atoms with E-state index in [0.717, 1.165) is 5.56 Å². The molecule has 2 heterocycles. The number of pyridine rings is 1. The van der Waals surface area contributed by atoms with Gasteiger partial charge in [0, 0.05) is 30.4 Å². The summed E-state index contributed by atoms with van der Waals surface area (Å²) in [6.07, 6.45) is 3.45. The molecule has 6 heteroatoms. The molecule has 2 aromatic carbocycles. The lowest BCUT2D eigenvalue weighted by atomic mass is 10.1. The van der Waals surface area contributed by atoms with Crippen LogP contribution in [-0.2, 0) is 6.54 Å². The van der Waals surface area contributed by atoms with E-state index < -0.39 is 0 Å². The highest BCUT2D eigenvalue weighted by atomic mass is 16.2. The predicted molar refractivity (Wildman–Crippen MR) is 117 cm³/mol. The molecule has 0 unspecified atom stereocenters. The summed E-state index contributed by atoms with van der Waals surface area (Å²) >= 11 is 0. The van der Waals surface area contributed by atoms with Crippen LogP contribution < -0.4 is 5.56 Å². The van der Waals surface area contributed by atoms with Crippen molar-refractivity contribution < 1.29 is 4.79 Å². The Kier molecular flexibility index (Phi) is 5.39. The highest BCUT2D eigenvalue weighted by molar-refractivity contribution is 6.05. The van der Waals surface area contributed by atoms with E-state index in [1.165, 1.54) is 4.68 Å². The van der Waals surface area contributed by atoms with E-state index in [-0.39, 0.29) is 23.2 Å². The fourth-order valence-corrected chi connectivity index (χ4v) is 3.40. The van der Waals surface area contributed by atoms with Crippen LogP contribution in [-0.4, -0.2) is 31.6 Å². The van der Waals surface area contributed by atoms with Crippen molar-refractivity contribution in [2.24, 2.45) is 0 Å². The summed E-state index contributed by atoms with van der Waals surface area (Å²) in [5, 5.41) is 5.53. The van der Waals surface area contributed by atoms with Gasteiger partial charge >= 0.3 is 0 Å². The first-order valence-electron chi connectivity index (χ1n) is 9.83. The molecule has 2 aromatic heterocycles. The molecular weight excluding hydrogens is 376 g/mol. The molecule has 0 saturated heterocycles. The van der Waals surface area contributed by atoms with Crippen LogP contribution in [0.25, 0.3) is 16.5 Å². The second-order valence-electron chi connectivity index (χ2n) is 7.33. The number of para-hydroxylation sites is 1. The summed E-state index contributed by atoms with van der Waals surface area (Å²) in [4.78, 5) is 32.6. The van der Waals surface area contributed by atoms with Crippen LogP contribution in [0.1, 0.15) is 29.9 Å². The maximum absolute atomic E-state index is 13.6. The van der Waals surface area contributed by atoms with Gasteiger partial charge in [-0.25, -0.2) is 0 Å². The Morgan fingerprint density at radius 1 is 0.967 bits per heavy atom. The molecule has 30 heavy (non-hydrogen) atoms. The summed E-state index contributed by atoms with van der Waals surface area (Å²) in [5.41, 5.74) is 1.55. The van der Waals surface area contributed by atoms with E-state index in [0.29, 0.717) is 23.0 Å². The zero-order valence-corrected chi connectivity index (χ0v) is 16.9. The third-order valence-corrected chi connectivity index (χ3v) is 4.97. The van der Waals surface area contributed by atoms with Gasteiger partial charge in [0.1, 0.15) is 0 Å². The van der Waals surface area contributed by atoms with Gasteiger partial charge in [-0.15, -0.1) is 0 Å². The molecule has 150 valence electrons. The van der Waals surface area contributed by atoms with Gasteiger partial charge in [-0.3, -0.25) is 14.6 Å². The van der Waals surface area contributed by atoms with Crippen molar-refractivity contribution in [2.45, 2.75) is 26.4 Å². The van der Waals surface area contributed by atoms with Crippen LogP contribution in [0, 0.1) is 0 Å². The van der Waals surface area contributed by atoms with Crippen molar-refractivity contribution >= 4 is 16.7 Å². The topological polar surface area (TPSA) is 68.1 Å². The summed E-state index contributed by atoms with van der Waals surface area (Å²) in [6, 6.07) is 20.0. The van der Waals surface area contributed by atoms with E-state index in [2.05, 4.69) is 10.1 Å². The number of aromatic nitrogens is 3. The van der Waals surface area contributed by atoms with Crippen molar-refractivity contribution in [3.05, 3.63) is 101 Å². The average Bonchev–Trinajstić information content (AvgIpc) is 2.78. The number of rotatable bonds is 5. The van der Waals surface area contributed by atoms with Crippen molar-refractivity contribution in [2.75, 3.05) is 0 Å². The smallest absolute Gasteiger partial charge is 0.279 e. The van der Waals surface area contributed by atoms with Crippen LogP contribution >= 0.6 is 0 Å². The van der Waals surface area contributed by atoms with Crippen LogP contribution in [0.4, 0.5) is 0 Å². The molecule has 0 radical (unpaired) electrons. The molecule has 0 spiro atoms. The van der Waals surface area contributed by atoms with Crippen LogP contribution in [0.2, 0.25) is 0 Å². The Labute approximate surface area is 174 Å². The minimum Gasteiger partial charge on any atom is -0.330 e. The van der Waals surface area contributed by atoms with E-state index in [1.807, 2.05) is 50.2 Å². The van der Waals surface area contributed by atoms with Gasteiger partial charge in [-0.05, 0) is 43.7 Å². The molecule has 4 aromatic rings. The van der Waals surface area contributed by atoms with Gasteiger partial charge < -0.3 is 4.90 Å². The Morgan fingerprint density at radius 2 is 1.67 bits per heavy atom. The first-order valence-corrected chi connectivity index (χ1v) is 9.83. The lowest BCUT2D eigenvalue weighted by molar-refractivity contribution is 0.0684. The number of hydrogen-bond donors (Lipinski definition) is 0. The van der Waals surface area contributed by atoms with Gasteiger partial charge in [0.15, 0.2) is 5.69 Å². The number of benzene rings is 2. The maximum Gasteiger partial charge on any atom is 0.279 e. The van der Waals surface area contributed by atoms with Gasteiger partial charge in [0.25, 0.3) is 11.5 Å². The first kappa shape index (κ1) is 19.5. The number of carbonyl (C=O) groups excluding carboxylic acids is 1. The monoisotopic (exact) mass is 398 g/mol. The van der Waals surface area contributed by atoms with Crippen molar-refractivity contribution in [1.82, 2.24) is 19.7 Å². The number of fused-ring (bicyclic) bond motifs is 1. The molecule has 0 aliphatic heterocycles. The van der Waals surface area contributed by atoms with Gasteiger partial charge in [-0.1, -0.05) is 42.5 Å². The Balaban J connectivity index is 1.87.